The van der Waals surface area contributed by atoms with E-state index < -0.39 is 44.2 Å². The summed E-state index contributed by atoms with van der Waals surface area (Å²) in [7, 11) is -3.23. The van der Waals surface area contributed by atoms with E-state index in [1.54, 1.807) is 4.90 Å². The molecule has 0 N–H and O–H groups in total. The zero-order chi connectivity index (χ0) is 35.0. The second kappa shape index (κ2) is 15.0. The highest BCUT2D eigenvalue weighted by Crippen LogP contribution is 2.65. The third kappa shape index (κ3) is 8.12. The minimum atomic E-state index is -3.23. The van der Waals surface area contributed by atoms with Crippen LogP contribution in [0, 0.1) is 40.4 Å². The lowest BCUT2D eigenvalue weighted by Crippen LogP contribution is -2.49. The number of carbonyl (C=O) groups is 5. The van der Waals surface area contributed by atoms with E-state index >= 15 is 0 Å². The Labute approximate surface area is 294 Å². The molecule has 6 fully saturated rings. The molecule has 0 radical (unpaired) electrons. The largest absolute Gasteiger partial charge is 0.332 e. The van der Waals surface area contributed by atoms with Gasteiger partial charge in [-0.25, -0.2) is 8.42 Å². The molecule has 0 aromatic rings. The molecule has 1 amide bonds. The molecule has 3 saturated carbocycles. The van der Waals surface area contributed by atoms with Crippen LogP contribution in [0.5, 0.6) is 0 Å². The molecule has 0 aromatic carbocycles. The van der Waals surface area contributed by atoms with Crippen LogP contribution in [0.15, 0.2) is 0 Å². The van der Waals surface area contributed by atoms with Crippen LogP contribution in [-0.2, 0) is 33.8 Å². The maximum absolute atomic E-state index is 14.6. The van der Waals surface area contributed by atoms with E-state index in [0.717, 1.165) is 89.9 Å². The predicted octanol–water partition coefficient (Wildman–Crippen LogP) is 7.00. The molecule has 0 unspecified atom stereocenters. The molecule has 3 saturated heterocycles. The van der Waals surface area contributed by atoms with Gasteiger partial charge in [-0.15, -0.1) is 0 Å². The van der Waals surface area contributed by atoms with E-state index in [-0.39, 0.29) is 65.5 Å². The van der Waals surface area contributed by atoms with Gasteiger partial charge in [0.05, 0.1) is 17.0 Å². The number of hydrogen-bond acceptors (Lipinski definition) is 7. The van der Waals surface area contributed by atoms with Gasteiger partial charge >= 0.3 is 0 Å². The van der Waals surface area contributed by atoms with E-state index in [1.807, 2.05) is 0 Å². The van der Waals surface area contributed by atoms with Gasteiger partial charge in [0, 0.05) is 44.1 Å². The van der Waals surface area contributed by atoms with Crippen molar-refractivity contribution in [2.24, 2.45) is 40.4 Å². The molecule has 0 aromatic heterocycles. The Bertz CT molecular complexity index is 1390. The van der Waals surface area contributed by atoms with E-state index in [4.69, 9.17) is 0 Å². The Hall–Kier alpha value is -1.90. The second-order valence-electron chi connectivity index (χ2n) is 17.8. The molecule has 9 heteroatoms. The van der Waals surface area contributed by atoms with E-state index in [1.165, 1.54) is 0 Å². The fourth-order valence-corrected chi connectivity index (χ4v) is 13.2. The Balaban J connectivity index is 1.22. The van der Waals surface area contributed by atoms with Gasteiger partial charge in [-0.05, 0) is 80.0 Å². The molecule has 0 bridgehead atoms. The minimum absolute atomic E-state index is 0.00493. The highest BCUT2D eigenvalue weighted by Gasteiger charge is 2.69. The van der Waals surface area contributed by atoms with Gasteiger partial charge in [-0.1, -0.05) is 78.1 Å². The van der Waals surface area contributed by atoms with Crippen molar-refractivity contribution in [1.29, 1.82) is 0 Å². The molecule has 3 aliphatic carbocycles. The standard InChI is InChI=1S/C40H61NO7S/c1-39(2)31-26-41-36(35(31)39)32(43)24-28(37(45)33(44)22-27-17-18-27)14-9-6-4-3-5-7-10-15-29(38(41)46)23-30(42)25-40(19-11-8-12-20-40)34-16-13-21-49(34,47)48/h27-29,31,34-36H,3-26H2,1-2H3/t28-,29-,31+,34-,35+,36-/m1/s1. The number of ketones is 4. The van der Waals surface area contributed by atoms with Crippen LogP contribution in [0.25, 0.3) is 0 Å². The summed E-state index contributed by atoms with van der Waals surface area (Å²) in [5, 5.41) is -0.460. The lowest BCUT2D eigenvalue weighted by Gasteiger charge is -2.41. The first-order valence-corrected chi connectivity index (χ1v) is 21.7. The Morgan fingerprint density at radius 3 is 2.04 bits per heavy atom. The number of nitrogens with zero attached hydrogens (tertiary/aromatic N) is 1. The number of piperidine rings is 1. The second-order valence-corrected chi connectivity index (χ2v) is 20.1. The lowest BCUT2D eigenvalue weighted by atomic mass is 9.67. The van der Waals surface area contributed by atoms with Gasteiger partial charge in [-0.2, -0.15) is 0 Å². The maximum Gasteiger partial charge on any atom is 0.226 e. The smallest absolute Gasteiger partial charge is 0.226 e. The number of carbonyl (C=O) groups excluding carboxylic acids is 5. The number of Topliss-reactive ketones (excluding diaryl/α,β-unsaturated/α-hetero) is 4. The normalized spacial score (nSPS) is 34.9. The molecular weight excluding hydrogens is 639 g/mol. The number of rotatable bonds is 9. The van der Waals surface area contributed by atoms with Gasteiger partial charge in [0.25, 0.3) is 0 Å². The molecule has 0 spiro atoms. The van der Waals surface area contributed by atoms with Gasteiger partial charge in [0.1, 0.15) is 5.78 Å². The minimum Gasteiger partial charge on any atom is -0.332 e. The van der Waals surface area contributed by atoms with Crippen molar-refractivity contribution in [1.82, 2.24) is 4.90 Å². The lowest BCUT2D eigenvalue weighted by molar-refractivity contribution is -0.146. The first-order chi connectivity index (χ1) is 23.3. The van der Waals surface area contributed by atoms with Crippen molar-refractivity contribution in [3.05, 3.63) is 0 Å². The van der Waals surface area contributed by atoms with Crippen LogP contribution >= 0.6 is 0 Å². The summed E-state index contributed by atoms with van der Waals surface area (Å²) in [6.07, 6.45) is 16.2. The summed E-state index contributed by atoms with van der Waals surface area (Å²) in [5.74, 6) is -1.38. The molecule has 6 atom stereocenters. The topological polar surface area (TPSA) is 123 Å². The fraction of sp³-hybridized carbons (Fsp3) is 0.875. The van der Waals surface area contributed by atoms with Crippen molar-refractivity contribution in [2.45, 2.75) is 166 Å². The quantitative estimate of drug-likeness (QED) is 0.238. The summed E-state index contributed by atoms with van der Waals surface area (Å²) < 4.78 is 26.3. The Morgan fingerprint density at radius 2 is 1.41 bits per heavy atom. The van der Waals surface area contributed by atoms with E-state index in [9.17, 15) is 32.4 Å². The van der Waals surface area contributed by atoms with Crippen LogP contribution in [0.1, 0.15) is 155 Å². The molecule has 49 heavy (non-hydrogen) atoms. The van der Waals surface area contributed by atoms with Gasteiger partial charge in [0.2, 0.25) is 11.7 Å². The summed E-state index contributed by atoms with van der Waals surface area (Å²) in [6.45, 7) is 4.79. The maximum atomic E-state index is 14.6. The molecular formula is C40H61NO7S. The number of sulfone groups is 1. The summed E-state index contributed by atoms with van der Waals surface area (Å²) >= 11 is 0. The molecule has 6 rings (SSSR count). The van der Waals surface area contributed by atoms with Crippen LogP contribution in [0.4, 0.5) is 0 Å². The van der Waals surface area contributed by atoms with Crippen LogP contribution in [-0.4, -0.2) is 65.9 Å². The molecule has 3 aliphatic heterocycles. The molecule has 3 heterocycles. The van der Waals surface area contributed by atoms with Gasteiger partial charge < -0.3 is 4.90 Å². The van der Waals surface area contributed by atoms with Crippen LogP contribution in [0.2, 0.25) is 0 Å². The highest BCUT2D eigenvalue weighted by atomic mass is 32.2. The third-order valence-electron chi connectivity index (χ3n) is 13.9. The molecule has 6 aliphatic rings. The average molecular weight is 700 g/mol. The van der Waals surface area contributed by atoms with E-state index in [2.05, 4.69) is 13.8 Å². The van der Waals surface area contributed by atoms with Crippen molar-refractivity contribution in [2.75, 3.05) is 12.3 Å². The number of hydrogen-bond donors (Lipinski definition) is 0. The Morgan fingerprint density at radius 1 is 0.776 bits per heavy atom. The van der Waals surface area contributed by atoms with Crippen molar-refractivity contribution in [3.63, 3.8) is 0 Å². The predicted molar refractivity (Wildman–Crippen MR) is 188 cm³/mol. The monoisotopic (exact) mass is 699 g/mol. The average Bonchev–Trinajstić information content (AvgIpc) is 3.83. The van der Waals surface area contributed by atoms with Gasteiger partial charge in [-0.3, -0.25) is 24.0 Å². The molecule has 8 nitrogen and oxygen atoms in total. The van der Waals surface area contributed by atoms with Crippen LogP contribution in [0.3, 0.4) is 0 Å². The third-order valence-corrected chi connectivity index (χ3v) is 16.4. The summed E-state index contributed by atoms with van der Waals surface area (Å²) in [5.41, 5.74) is -0.604. The number of amides is 1. The van der Waals surface area contributed by atoms with Crippen molar-refractivity contribution in [3.8, 4) is 0 Å². The highest BCUT2D eigenvalue weighted by molar-refractivity contribution is 7.92. The first-order valence-electron chi connectivity index (χ1n) is 20.0. The molecule has 274 valence electrons. The zero-order valence-electron chi connectivity index (χ0n) is 30.2. The van der Waals surface area contributed by atoms with E-state index in [0.29, 0.717) is 44.6 Å². The summed E-state index contributed by atoms with van der Waals surface area (Å²) in [6, 6.07) is -0.625. The van der Waals surface area contributed by atoms with Crippen LogP contribution < -0.4 is 0 Å². The summed E-state index contributed by atoms with van der Waals surface area (Å²) in [4.78, 5) is 71.1. The SMILES string of the molecule is CC1(C)[C@@H]2[C@H]3C(=O)C[C@H](C(=O)C(=O)CC4CC4)CCCCCCCCC[C@H](CC(=O)CC4([C@H]5CCCS5(=O)=O)CCCCC4)C(=O)N3C[C@@H]21. The Kier molecular flexibility index (Phi) is 11.3. The number of fused-ring (bicyclic) bond motifs is 3. The fourth-order valence-electron chi connectivity index (χ4n) is 10.8. The van der Waals surface area contributed by atoms with Gasteiger partial charge in [0.15, 0.2) is 21.4 Å². The first kappa shape index (κ1) is 36.9. The van der Waals surface area contributed by atoms with Crippen molar-refractivity contribution >= 4 is 38.9 Å². The zero-order valence-corrected chi connectivity index (χ0v) is 31.0. The van der Waals surface area contributed by atoms with Crippen molar-refractivity contribution < 1.29 is 32.4 Å².